The number of hydrogen-bond acceptors (Lipinski definition) is 6. The highest BCUT2D eigenvalue weighted by Crippen LogP contribution is 2.37. The molecule has 0 bridgehead atoms. The maximum Gasteiger partial charge on any atom is 0.343 e. The minimum absolute atomic E-state index is 0.0777. The second kappa shape index (κ2) is 7.77. The van der Waals surface area contributed by atoms with Gasteiger partial charge >= 0.3 is 5.97 Å². The third-order valence-electron chi connectivity index (χ3n) is 3.26. The maximum atomic E-state index is 12.4. The van der Waals surface area contributed by atoms with Gasteiger partial charge in [-0.2, -0.15) is 5.26 Å². The fourth-order valence-electron chi connectivity index (χ4n) is 2.13. The van der Waals surface area contributed by atoms with E-state index in [4.69, 9.17) is 14.7 Å². The van der Waals surface area contributed by atoms with E-state index in [-0.39, 0.29) is 22.7 Å². The van der Waals surface area contributed by atoms with Crippen LogP contribution in [0.15, 0.2) is 34.8 Å². The van der Waals surface area contributed by atoms with Crippen LogP contribution in [0.3, 0.4) is 0 Å². The molecule has 7 nitrogen and oxygen atoms in total. The van der Waals surface area contributed by atoms with E-state index in [1.165, 1.54) is 37.3 Å². The number of nitrogens with zero attached hydrogens (tertiary/aromatic N) is 2. The average Bonchev–Trinajstić information content (AvgIpc) is 2.57. The van der Waals surface area contributed by atoms with E-state index in [1.54, 1.807) is 6.92 Å². The number of esters is 1. The van der Waals surface area contributed by atoms with E-state index in [0.29, 0.717) is 22.2 Å². The van der Waals surface area contributed by atoms with Gasteiger partial charge in [0, 0.05) is 17.7 Å². The molecule has 8 heteroatoms. The Morgan fingerprint density at radius 1 is 1.36 bits per heavy atom. The normalized spacial score (nSPS) is 10.0. The van der Waals surface area contributed by atoms with E-state index in [0.717, 1.165) is 0 Å². The summed E-state index contributed by atoms with van der Waals surface area (Å²) in [5.74, 6) is -0.299. The molecule has 0 radical (unpaired) electrons. The van der Waals surface area contributed by atoms with Crippen LogP contribution in [0.4, 0.5) is 5.69 Å². The van der Waals surface area contributed by atoms with Crippen LogP contribution in [0.1, 0.15) is 28.4 Å². The third kappa shape index (κ3) is 4.14. The Balaban J connectivity index is 2.36. The molecule has 0 aliphatic rings. The van der Waals surface area contributed by atoms with Crippen LogP contribution < -0.4 is 9.47 Å². The summed E-state index contributed by atoms with van der Waals surface area (Å²) in [6.07, 6.45) is 0. The Morgan fingerprint density at radius 3 is 2.64 bits per heavy atom. The molecule has 0 unspecified atom stereocenters. The van der Waals surface area contributed by atoms with E-state index in [9.17, 15) is 14.9 Å². The highest BCUT2D eigenvalue weighted by molar-refractivity contribution is 9.10. The molecule has 2 aromatic rings. The Labute approximate surface area is 152 Å². The van der Waals surface area contributed by atoms with Crippen molar-refractivity contribution >= 4 is 27.6 Å². The van der Waals surface area contributed by atoms with Crippen molar-refractivity contribution in [2.24, 2.45) is 0 Å². The molecule has 0 spiro atoms. The largest absolute Gasteiger partial charge is 0.490 e. The number of nitro groups is 1. The van der Waals surface area contributed by atoms with Gasteiger partial charge in [-0.05, 0) is 48.0 Å². The van der Waals surface area contributed by atoms with Crippen molar-refractivity contribution in [3.8, 4) is 17.6 Å². The first-order chi connectivity index (χ1) is 11.9. The van der Waals surface area contributed by atoms with Crippen LogP contribution in [0.5, 0.6) is 11.5 Å². The molecule has 0 aliphatic carbocycles. The predicted molar refractivity (Wildman–Crippen MR) is 92.8 cm³/mol. The zero-order valence-corrected chi connectivity index (χ0v) is 15.0. The van der Waals surface area contributed by atoms with Crippen LogP contribution in [-0.2, 0) is 0 Å². The number of aryl methyl sites for hydroxylation is 1. The summed E-state index contributed by atoms with van der Waals surface area (Å²) < 4.78 is 11.2. The van der Waals surface area contributed by atoms with Crippen LogP contribution in [0.25, 0.3) is 0 Å². The van der Waals surface area contributed by atoms with Crippen LogP contribution >= 0.6 is 15.9 Å². The molecule has 25 heavy (non-hydrogen) atoms. The second-order valence-corrected chi connectivity index (χ2v) is 5.83. The summed E-state index contributed by atoms with van der Waals surface area (Å²) in [5, 5.41) is 19.9. The maximum absolute atomic E-state index is 12.4. The molecule has 0 amide bonds. The van der Waals surface area contributed by atoms with Gasteiger partial charge in [-0.1, -0.05) is 0 Å². The minimum Gasteiger partial charge on any atom is -0.490 e. The van der Waals surface area contributed by atoms with Gasteiger partial charge < -0.3 is 9.47 Å². The second-order valence-electron chi connectivity index (χ2n) is 4.98. The highest BCUT2D eigenvalue weighted by atomic mass is 79.9. The molecule has 0 N–H and O–H groups in total. The fraction of sp³-hybridized carbons (Fsp3) is 0.176. The topological polar surface area (TPSA) is 102 Å². The summed E-state index contributed by atoms with van der Waals surface area (Å²) in [4.78, 5) is 22.7. The van der Waals surface area contributed by atoms with Gasteiger partial charge in [0.1, 0.15) is 0 Å². The van der Waals surface area contributed by atoms with Gasteiger partial charge in [0.15, 0.2) is 11.5 Å². The van der Waals surface area contributed by atoms with E-state index in [1.807, 2.05) is 6.07 Å². The molecule has 0 saturated carbocycles. The van der Waals surface area contributed by atoms with Gasteiger partial charge in [0.05, 0.1) is 33.2 Å². The van der Waals surface area contributed by atoms with Crippen molar-refractivity contribution in [3.63, 3.8) is 0 Å². The Hall–Kier alpha value is -2.92. The van der Waals surface area contributed by atoms with Gasteiger partial charge in [-0.15, -0.1) is 0 Å². The van der Waals surface area contributed by atoms with Crippen molar-refractivity contribution < 1.29 is 19.2 Å². The molecular formula is C17H13BrN2O5. The smallest absolute Gasteiger partial charge is 0.343 e. The molecule has 128 valence electrons. The minimum atomic E-state index is -0.690. The average molecular weight is 405 g/mol. The lowest BCUT2D eigenvalue weighted by Crippen LogP contribution is -2.11. The van der Waals surface area contributed by atoms with Crippen LogP contribution in [0.2, 0.25) is 0 Å². The number of rotatable bonds is 5. The van der Waals surface area contributed by atoms with Gasteiger partial charge in [0.2, 0.25) is 0 Å². The SMILES string of the molecule is CCOc1cc(C#N)cc(Br)c1OC(=O)c1ccc([N+](=O)[O-])c(C)c1. The number of ether oxygens (including phenoxy) is 2. The summed E-state index contributed by atoms with van der Waals surface area (Å²) >= 11 is 3.26. The Morgan fingerprint density at radius 2 is 2.08 bits per heavy atom. The van der Waals surface area contributed by atoms with Crippen molar-refractivity contribution in [2.45, 2.75) is 13.8 Å². The summed E-state index contributed by atoms with van der Waals surface area (Å²) in [6.45, 7) is 3.62. The summed E-state index contributed by atoms with van der Waals surface area (Å²) in [5.41, 5.74) is 0.789. The van der Waals surface area contributed by atoms with Crippen molar-refractivity contribution in [1.82, 2.24) is 0 Å². The van der Waals surface area contributed by atoms with Crippen LogP contribution in [-0.4, -0.2) is 17.5 Å². The van der Waals surface area contributed by atoms with Gasteiger partial charge in [0.25, 0.3) is 5.69 Å². The van der Waals surface area contributed by atoms with E-state index in [2.05, 4.69) is 15.9 Å². The zero-order chi connectivity index (χ0) is 18.6. The first-order valence-corrected chi connectivity index (χ1v) is 8.00. The summed E-state index contributed by atoms with van der Waals surface area (Å²) in [6, 6.07) is 8.93. The highest BCUT2D eigenvalue weighted by Gasteiger charge is 2.19. The Kier molecular flexibility index (Phi) is 5.72. The lowest BCUT2D eigenvalue weighted by molar-refractivity contribution is -0.385. The van der Waals surface area contributed by atoms with Crippen molar-refractivity contribution in [1.29, 1.82) is 5.26 Å². The molecular weight excluding hydrogens is 392 g/mol. The van der Waals surface area contributed by atoms with E-state index < -0.39 is 10.9 Å². The third-order valence-corrected chi connectivity index (χ3v) is 3.85. The predicted octanol–water partition coefficient (Wildman–Crippen LogP) is 4.16. The first-order valence-electron chi connectivity index (χ1n) is 7.21. The Bertz CT molecular complexity index is 889. The zero-order valence-electron chi connectivity index (χ0n) is 13.4. The quantitative estimate of drug-likeness (QED) is 0.320. The lowest BCUT2D eigenvalue weighted by Gasteiger charge is -2.13. The fourth-order valence-corrected chi connectivity index (χ4v) is 2.66. The lowest BCUT2D eigenvalue weighted by atomic mass is 10.1. The number of nitriles is 1. The van der Waals surface area contributed by atoms with Gasteiger partial charge in [-0.25, -0.2) is 4.79 Å². The number of benzene rings is 2. The van der Waals surface area contributed by atoms with Gasteiger partial charge in [-0.3, -0.25) is 10.1 Å². The van der Waals surface area contributed by atoms with Crippen molar-refractivity contribution in [2.75, 3.05) is 6.61 Å². The molecule has 0 aliphatic heterocycles. The molecule has 0 aromatic heterocycles. The molecule has 0 heterocycles. The molecule has 0 atom stereocenters. The summed E-state index contributed by atoms with van der Waals surface area (Å²) in [7, 11) is 0. The number of carbonyl (C=O) groups is 1. The molecule has 2 rings (SSSR count). The van der Waals surface area contributed by atoms with Crippen LogP contribution in [0, 0.1) is 28.4 Å². The number of carbonyl (C=O) groups excluding carboxylic acids is 1. The molecule has 2 aromatic carbocycles. The molecule has 0 fully saturated rings. The molecule has 0 saturated heterocycles. The van der Waals surface area contributed by atoms with Crippen molar-refractivity contribution in [3.05, 3.63) is 61.6 Å². The number of halogens is 1. The first kappa shape index (κ1) is 18.4. The monoisotopic (exact) mass is 404 g/mol. The standard InChI is InChI=1S/C17H13BrN2O5/c1-3-24-15-8-11(9-19)7-13(18)16(15)25-17(21)12-4-5-14(20(22)23)10(2)6-12/h4-8H,3H2,1-2H3. The van der Waals surface area contributed by atoms with E-state index >= 15 is 0 Å². The number of hydrogen-bond donors (Lipinski definition) is 0. The number of nitro benzene ring substituents is 1.